The van der Waals surface area contributed by atoms with E-state index < -0.39 is 17.7 Å². The summed E-state index contributed by atoms with van der Waals surface area (Å²) in [5, 5.41) is -0.286. The van der Waals surface area contributed by atoms with Crippen LogP contribution in [0.15, 0.2) is 30.7 Å². The van der Waals surface area contributed by atoms with Gasteiger partial charge in [0, 0.05) is 18.0 Å². The van der Waals surface area contributed by atoms with Crippen LogP contribution >= 0.6 is 11.6 Å². The first kappa shape index (κ1) is 12.8. The number of aromatic nitrogens is 2. The summed E-state index contributed by atoms with van der Waals surface area (Å²) in [6.07, 6.45) is 4.32. The molecule has 1 heterocycles. The number of nitrogens with one attached hydrogen (secondary N) is 1. The van der Waals surface area contributed by atoms with Crippen molar-refractivity contribution in [2.24, 2.45) is 5.84 Å². The molecule has 3 N–H and O–H groups in total. The van der Waals surface area contributed by atoms with E-state index in [1.807, 2.05) is 0 Å². The Morgan fingerprint density at radius 1 is 1.22 bits per heavy atom. The second-order valence-electron chi connectivity index (χ2n) is 3.52. The maximum absolute atomic E-state index is 13.8. The lowest BCUT2D eigenvalue weighted by atomic mass is 10.0. The molecule has 2 rings (SSSR count). The van der Waals surface area contributed by atoms with Gasteiger partial charge in [-0.2, -0.15) is 0 Å². The molecule has 1 atom stereocenters. The highest BCUT2D eigenvalue weighted by Crippen LogP contribution is 2.26. The Labute approximate surface area is 107 Å². The van der Waals surface area contributed by atoms with Gasteiger partial charge in [0.25, 0.3) is 0 Å². The first-order chi connectivity index (χ1) is 8.63. The van der Waals surface area contributed by atoms with Crippen molar-refractivity contribution in [1.82, 2.24) is 15.4 Å². The van der Waals surface area contributed by atoms with Gasteiger partial charge in [0.1, 0.15) is 11.6 Å². The van der Waals surface area contributed by atoms with E-state index in [-0.39, 0.29) is 10.6 Å². The fraction of sp³-hybridized carbons (Fsp3) is 0.0909. The maximum Gasteiger partial charge on any atom is 0.142 e. The summed E-state index contributed by atoms with van der Waals surface area (Å²) in [4.78, 5) is 7.84. The molecule has 0 saturated carbocycles. The highest BCUT2D eigenvalue weighted by Gasteiger charge is 2.20. The Morgan fingerprint density at radius 2 is 2.00 bits per heavy atom. The van der Waals surface area contributed by atoms with E-state index in [1.54, 1.807) is 0 Å². The van der Waals surface area contributed by atoms with Crippen molar-refractivity contribution in [2.45, 2.75) is 6.04 Å². The zero-order valence-electron chi connectivity index (χ0n) is 9.07. The van der Waals surface area contributed by atoms with Crippen molar-refractivity contribution in [2.75, 3.05) is 0 Å². The van der Waals surface area contributed by atoms with E-state index in [4.69, 9.17) is 17.4 Å². The minimum absolute atomic E-state index is 0.0138. The second-order valence-corrected chi connectivity index (χ2v) is 3.92. The SMILES string of the molecule is NNC(c1cnccn1)c1cc(F)c(Cl)cc1F. The molecular weight excluding hydrogens is 262 g/mol. The van der Waals surface area contributed by atoms with E-state index in [1.165, 1.54) is 18.6 Å². The molecule has 0 aliphatic rings. The van der Waals surface area contributed by atoms with Crippen LogP contribution in [0.2, 0.25) is 5.02 Å². The summed E-state index contributed by atoms with van der Waals surface area (Å²) in [7, 11) is 0. The fourth-order valence-electron chi connectivity index (χ4n) is 1.55. The highest BCUT2D eigenvalue weighted by molar-refractivity contribution is 6.30. The van der Waals surface area contributed by atoms with Crippen LogP contribution in [0.25, 0.3) is 0 Å². The van der Waals surface area contributed by atoms with Gasteiger partial charge in [0.2, 0.25) is 0 Å². The van der Waals surface area contributed by atoms with E-state index in [2.05, 4.69) is 15.4 Å². The van der Waals surface area contributed by atoms with Crippen LogP contribution in [0.5, 0.6) is 0 Å². The van der Waals surface area contributed by atoms with Crippen LogP contribution in [0.4, 0.5) is 8.78 Å². The molecule has 0 spiro atoms. The van der Waals surface area contributed by atoms with E-state index in [0.29, 0.717) is 5.69 Å². The third-order valence-corrected chi connectivity index (χ3v) is 2.69. The Bertz CT molecular complexity index is 550. The van der Waals surface area contributed by atoms with E-state index in [0.717, 1.165) is 12.1 Å². The average Bonchev–Trinajstić information content (AvgIpc) is 2.38. The Hall–Kier alpha value is -1.63. The summed E-state index contributed by atoms with van der Waals surface area (Å²) in [5.41, 5.74) is 2.76. The minimum Gasteiger partial charge on any atom is -0.271 e. The quantitative estimate of drug-likeness (QED) is 0.508. The summed E-state index contributed by atoms with van der Waals surface area (Å²) < 4.78 is 27.1. The molecular formula is C11H9ClF2N4. The molecule has 1 unspecified atom stereocenters. The normalized spacial score (nSPS) is 12.4. The smallest absolute Gasteiger partial charge is 0.142 e. The zero-order chi connectivity index (χ0) is 13.1. The van der Waals surface area contributed by atoms with Crippen LogP contribution in [0.3, 0.4) is 0 Å². The number of rotatable bonds is 3. The van der Waals surface area contributed by atoms with Crippen LogP contribution in [-0.4, -0.2) is 9.97 Å². The topological polar surface area (TPSA) is 63.8 Å². The molecule has 4 nitrogen and oxygen atoms in total. The van der Waals surface area contributed by atoms with Gasteiger partial charge in [-0.1, -0.05) is 11.6 Å². The van der Waals surface area contributed by atoms with Gasteiger partial charge in [-0.05, 0) is 12.1 Å². The third-order valence-electron chi connectivity index (χ3n) is 2.40. The molecule has 0 aliphatic heterocycles. The molecule has 18 heavy (non-hydrogen) atoms. The van der Waals surface area contributed by atoms with Crippen molar-refractivity contribution in [1.29, 1.82) is 0 Å². The van der Waals surface area contributed by atoms with Gasteiger partial charge < -0.3 is 0 Å². The van der Waals surface area contributed by atoms with Crippen LogP contribution < -0.4 is 11.3 Å². The van der Waals surface area contributed by atoms with Gasteiger partial charge in [-0.15, -0.1) is 0 Å². The van der Waals surface area contributed by atoms with Gasteiger partial charge >= 0.3 is 0 Å². The summed E-state index contributed by atoms with van der Waals surface area (Å²) in [6.45, 7) is 0. The predicted molar refractivity (Wildman–Crippen MR) is 62.6 cm³/mol. The molecule has 2 aromatic rings. The minimum atomic E-state index is -0.800. The van der Waals surface area contributed by atoms with E-state index >= 15 is 0 Å². The highest BCUT2D eigenvalue weighted by atomic mass is 35.5. The molecule has 0 saturated heterocycles. The molecule has 1 aromatic heterocycles. The monoisotopic (exact) mass is 270 g/mol. The van der Waals surface area contributed by atoms with Gasteiger partial charge in [-0.3, -0.25) is 15.8 Å². The lowest BCUT2D eigenvalue weighted by Gasteiger charge is -2.16. The lowest BCUT2D eigenvalue weighted by molar-refractivity contribution is 0.539. The number of hydrazine groups is 1. The Morgan fingerprint density at radius 3 is 2.61 bits per heavy atom. The summed E-state index contributed by atoms with van der Waals surface area (Å²) in [6, 6.07) is 1.08. The first-order valence-electron chi connectivity index (χ1n) is 5.00. The molecule has 94 valence electrons. The van der Waals surface area contributed by atoms with Crippen molar-refractivity contribution in [3.63, 3.8) is 0 Å². The standard InChI is InChI=1S/C11H9ClF2N4/c12-7-4-8(13)6(3-9(7)14)11(18-15)10-5-16-1-2-17-10/h1-5,11,18H,15H2. The lowest BCUT2D eigenvalue weighted by Crippen LogP contribution is -2.30. The Kier molecular flexibility index (Phi) is 3.81. The first-order valence-corrected chi connectivity index (χ1v) is 5.37. The number of hydrogen-bond acceptors (Lipinski definition) is 4. The molecule has 0 aliphatic carbocycles. The number of benzene rings is 1. The molecule has 0 radical (unpaired) electrons. The van der Waals surface area contributed by atoms with Crippen LogP contribution in [-0.2, 0) is 0 Å². The van der Waals surface area contributed by atoms with Gasteiger partial charge in [0.15, 0.2) is 0 Å². The summed E-state index contributed by atoms with van der Waals surface area (Å²) in [5.74, 6) is 3.96. The second kappa shape index (κ2) is 5.34. The number of nitrogens with zero attached hydrogens (tertiary/aromatic N) is 2. The molecule has 7 heteroatoms. The molecule has 0 amide bonds. The Balaban J connectivity index is 2.49. The fourth-order valence-corrected chi connectivity index (χ4v) is 1.70. The number of hydrogen-bond donors (Lipinski definition) is 2. The van der Waals surface area contributed by atoms with Gasteiger partial charge in [-0.25, -0.2) is 14.2 Å². The van der Waals surface area contributed by atoms with Crippen molar-refractivity contribution in [3.05, 3.63) is 58.6 Å². The van der Waals surface area contributed by atoms with E-state index in [9.17, 15) is 8.78 Å². The van der Waals surface area contributed by atoms with Crippen molar-refractivity contribution >= 4 is 11.6 Å². The van der Waals surface area contributed by atoms with Crippen LogP contribution in [0, 0.1) is 11.6 Å². The third kappa shape index (κ3) is 2.45. The zero-order valence-corrected chi connectivity index (χ0v) is 9.83. The predicted octanol–water partition coefficient (Wildman–Crippen LogP) is 1.96. The summed E-state index contributed by atoms with van der Waals surface area (Å²) >= 11 is 5.49. The van der Waals surface area contributed by atoms with Crippen LogP contribution in [0.1, 0.15) is 17.3 Å². The maximum atomic E-state index is 13.8. The molecule has 1 aromatic carbocycles. The number of halogens is 3. The van der Waals surface area contributed by atoms with Crippen molar-refractivity contribution < 1.29 is 8.78 Å². The largest absolute Gasteiger partial charge is 0.271 e. The van der Waals surface area contributed by atoms with Gasteiger partial charge in [0.05, 0.1) is 23.0 Å². The molecule has 0 fully saturated rings. The average molecular weight is 271 g/mol. The number of nitrogens with two attached hydrogens (primary N) is 1. The van der Waals surface area contributed by atoms with Crippen molar-refractivity contribution in [3.8, 4) is 0 Å². The molecule has 0 bridgehead atoms.